The number of rotatable bonds is 6. The molecule has 5 nitrogen and oxygen atoms in total. The second-order valence-corrected chi connectivity index (χ2v) is 6.65. The smallest absolute Gasteiger partial charge is 0.228 e. The molecule has 2 amide bonds. The summed E-state index contributed by atoms with van der Waals surface area (Å²) < 4.78 is 5.23. The van der Waals surface area contributed by atoms with Crippen molar-refractivity contribution >= 4 is 11.8 Å². The van der Waals surface area contributed by atoms with E-state index >= 15 is 0 Å². The summed E-state index contributed by atoms with van der Waals surface area (Å²) in [5, 5.41) is 0. The summed E-state index contributed by atoms with van der Waals surface area (Å²) in [7, 11) is 1.64. The molecule has 2 aliphatic heterocycles. The number of likely N-dealkylation sites (tertiary alicyclic amines) is 2. The molecule has 0 aromatic heterocycles. The van der Waals surface area contributed by atoms with Crippen molar-refractivity contribution in [3.05, 3.63) is 29.8 Å². The third-order valence-corrected chi connectivity index (χ3v) is 5.13. The summed E-state index contributed by atoms with van der Waals surface area (Å²) in [5.41, 5.74) is 1.02. The Kier molecular flexibility index (Phi) is 5.07. The second-order valence-electron chi connectivity index (χ2n) is 6.65. The van der Waals surface area contributed by atoms with Crippen molar-refractivity contribution in [3.8, 4) is 5.75 Å². The van der Waals surface area contributed by atoms with E-state index < -0.39 is 0 Å². The van der Waals surface area contributed by atoms with E-state index in [0.717, 1.165) is 50.2 Å². The molecule has 2 saturated heterocycles. The van der Waals surface area contributed by atoms with Gasteiger partial charge in [0.15, 0.2) is 0 Å². The standard InChI is InChI=1S/C19H26N2O3/c1-3-4-12-21-17(22)13-16(19(23)20-10-5-11-20)18(21)14-6-8-15(24-2)9-7-14/h6-9,16,18H,3-5,10-13H2,1-2H3. The first-order valence-corrected chi connectivity index (χ1v) is 8.88. The van der Waals surface area contributed by atoms with Crippen LogP contribution in [0.3, 0.4) is 0 Å². The molecule has 0 radical (unpaired) electrons. The van der Waals surface area contributed by atoms with E-state index in [1.165, 1.54) is 0 Å². The monoisotopic (exact) mass is 330 g/mol. The highest BCUT2D eigenvalue weighted by Crippen LogP contribution is 2.40. The maximum absolute atomic E-state index is 12.8. The van der Waals surface area contributed by atoms with Crippen molar-refractivity contribution < 1.29 is 14.3 Å². The number of benzene rings is 1. The zero-order valence-corrected chi connectivity index (χ0v) is 14.5. The molecule has 2 aliphatic rings. The summed E-state index contributed by atoms with van der Waals surface area (Å²) in [6, 6.07) is 7.63. The normalized spacial score (nSPS) is 23.3. The third-order valence-electron chi connectivity index (χ3n) is 5.13. The number of carbonyl (C=O) groups is 2. The average Bonchev–Trinajstić information content (AvgIpc) is 2.88. The van der Waals surface area contributed by atoms with Gasteiger partial charge in [0.2, 0.25) is 11.8 Å². The van der Waals surface area contributed by atoms with Gasteiger partial charge in [-0.25, -0.2) is 0 Å². The summed E-state index contributed by atoms with van der Waals surface area (Å²) >= 11 is 0. The molecule has 2 fully saturated rings. The van der Waals surface area contributed by atoms with Crippen LogP contribution in [0.5, 0.6) is 5.75 Å². The van der Waals surface area contributed by atoms with Crippen LogP contribution in [0.4, 0.5) is 0 Å². The van der Waals surface area contributed by atoms with Crippen LogP contribution in [0.2, 0.25) is 0 Å². The molecule has 0 N–H and O–H groups in total. The minimum absolute atomic E-state index is 0.100. The Balaban J connectivity index is 1.88. The van der Waals surface area contributed by atoms with Gasteiger partial charge in [0.05, 0.1) is 19.1 Å². The van der Waals surface area contributed by atoms with E-state index in [-0.39, 0.29) is 23.8 Å². The first kappa shape index (κ1) is 16.8. The number of hydrogen-bond acceptors (Lipinski definition) is 3. The van der Waals surface area contributed by atoms with Gasteiger partial charge in [0.1, 0.15) is 5.75 Å². The van der Waals surface area contributed by atoms with E-state index in [0.29, 0.717) is 6.42 Å². The lowest BCUT2D eigenvalue weighted by atomic mass is 9.91. The fraction of sp³-hybridized carbons (Fsp3) is 0.579. The molecule has 0 bridgehead atoms. The van der Waals surface area contributed by atoms with Crippen LogP contribution in [-0.2, 0) is 9.59 Å². The van der Waals surface area contributed by atoms with Crippen molar-refractivity contribution in [2.75, 3.05) is 26.7 Å². The number of ether oxygens (including phenoxy) is 1. The molecular weight excluding hydrogens is 304 g/mol. The highest BCUT2D eigenvalue weighted by molar-refractivity contribution is 5.90. The average molecular weight is 330 g/mol. The summed E-state index contributed by atoms with van der Waals surface area (Å²) in [5.74, 6) is 0.759. The van der Waals surface area contributed by atoms with Crippen molar-refractivity contribution in [1.82, 2.24) is 9.80 Å². The van der Waals surface area contributed by atoms with Gasteiger partial charge in [-0.1, -0.05) is 25.5 Å². The van der Waals surface area contributed by atoms with Crippen LogP contribution in [0.1, 0.15) is 44.2 Å². The zero-order chi connectivity index (χ0) is 17.1. The van der Waals surface area contributed by atoms with Crippen molar-refractivity contribution in [2.24, 2.45) is 5.92 Å². The maximum atomic E-state index is 12.8. The summed E-state index contributed by atoms with van der Waals surface area (Å²) in [4.78, 5) is 29.2. The summed E-state index contributed by atoms with van der Waals surface area (Å²) in [6.07, 6.45) is 3.39. The molecule has 24 heavy (non-hydrogen) atoms. The molecule has 0 saturated carbocycles. The van der Waals surface area contributed by atoms with Gasteiger partial charge in [0, 0.05) is 26.1 Å². The Morgan fingerprint density at radius 1 is 1.25 bits per heavy atom. The largest absolute Gasteiger partial charge is 0.497 e. The number of unbranched alkanes of at least 4 members (excludes halogenated alkanes) is 1. The fourth-order valence-electron chi connectivity index (χ4n) is 3.59. The maximum Gasteiger partial charge on any atom is 0.228 e. The fourth-order valence-corrected chi connectivity index (χ4v) is 3.59. The minimum atomic E-state index is -0.261. The zero-order valence-electron chi connectivity index (χ0n) is 14.5. The van der Waals surface area contributed by atoms with Crippen LogP contribution in [0, 0.1) is 5.92 Å². The lowest BCUT2D eigenvalue weighted by molar-refractivity contribution is -0.140. The Bertz CT molecular complexity index is 595. The molecule has 3 rings (SSSR count). The molecule has 5 heteroatoms. The van der Waals surface area contributed by atoms with Crippen molar-refractivity contribution in [1.29, 1.82) is 0 Å². The second kappa shape index (κ2) is 7.24. The predicted molar refractivity (Wildman–Crippen MR) is 91.7 cm³/mol. The Morgan fingerprint density at radius 3 is 2.50 bits per heavy atom. The molecule has 1 aromatic rings. The van der Waals surface area contributed by atoms with E-state index in [1.54, 1.807) is 7.11 Å². The van der Waals surface area contributed by atoms with Gasteiger partial charge in [0.25, 0.3) is 0 Å². The third kappa shape index (κ3) is 3.12. The quantitative estimate of drug-likeness (QED) is 0.806. The lowest BCUT2D eigenvalue weighted by Gasteiger charge is -2.36. The number of nitrogens with zero attached hydrogens (tertiary/aromatic N) is 2. The molecule has 2 atom stereocenters. The molecule has 2 heterocycles. The van der Waals surface area contributed by atoms with Crippen molar-refractivity contribution in [2.45, 2.75) is 38.6 Å². The highest BCUT2D eigenvalue weighted by atomic mass is 16.5. The van der Waals surface area contributed by atoms with Crippen LogP contribution in [0.15, 0.2) is 24.3 Å². The van der Waals surface area contributed by atoms with Crippen LogP contribution < -0.4 is 4.74 Å². The number of hydrogen-bond donors (Lipinski definition) is 0. The molecule has 0 aliphatic carbocycles. The van der Waals surface area contributed by atoms with Crippen LogP contribution in [0.25, 0.3) is 0 Å². The lowest BCUT2D eigenvalue weighted by Crippen LogP contribution is -2.46. The Morgan fingerprint density at radius 2 is 1.96 bits per heavy atom. The molecule has 130 valence electrons. The van der Waals surface area contributed by atoms with Gasteiger partial charge in [-0.2, -0.15) is 0 Å². The number of amides is 2. The highest BCUT2D eigenvalue weighted by Gasteiger charge is 2.46. The van der Waals surface area contributed by atoms with Gasteiger partial charge < -0.3 is 14.5 Å². The summed E-state index contributed by atoms with van der Waals surface area (Å²) in [6.45, 7) is 4.49. The predicted octanol–water partition coefficient (Wildman–Crippen LogP) is 2.62. The minimum Gasteiger partial charge on any atom is -0.497 e. The Hall–Kier alpha value is -2.04. The Labute approximate surface area is 143 Å². The molecule has 1 aromatic carbocycles. The number of methoxy groups -OCH3 is 1. The van der Waals surface area contributed by atoms with Gasteiger partial charge in [-0.05, 0) is 30.5 Å². The van der Waals surface area contributed by atoms with Crippen LogP contribution in [-0.4, -0.2) is 48.4 Å². The van der Waals surface area contributed by atoms with E-state index in [4.69, 9.17) is 4.74 Å². The SMILES string of the molecule is CCCCN1C(=O)CC(C(=O)N2CCC2)C1c1ccc(OC)cc1. The van der Waals surface area contributed by atoms with Crippen LogP contribution >= 0.6 is 0 Å². The van der Waals surface area contributed by atoms with Gasteiger partial charge >= 0.3 is 0 Å². The topological polar surface area (TPSA) is 49.9 Å². The van der Waals surface area contributed by atoms with E-state index in [1.807, 2.05) is 34.1 Å². The molecule has 0 spiro atoms. The number of carbonyl (C=O) groups excluding carboxylic acids is 2. The molecule has 2 unspecified atom stereocenters. The van der Waals surface area contributed by atoms with E-state index in [9.17, 15) is 9.59 Å². The molecular formula is C19H26N2O3. The van der Waals surface area contributed by atoms with Crippen molar-refractivity contribution in [3.63, 3.8) is 0 Å². The first-order valence-electron chi connectivity index (χ1n) is 8.88. The van der Waals surface area contributed by atoms with Gasteiger partial charge in [-0.15, -0.1) is 0 Å². The van der Waals surface area contributed by atoms with E-state index in [2.05, 4.69) is 6.92 Å². The van der Waals surface area contributed by atoms with Gasteiger partial charge in [-0.3, -0.25) is 9.59 Å². The first-order chi connectivity index (χ1) is 11.7.